The maximum atomic E-state index is 12.6. The summed E-state index contributed by atoms with van der Waals surface area (Å²) < 4.78 is 0. The molecule has 3 rings (SSSR count). The number of nitrogens with zero attached hydrogens (tertiary/aromatic N) is 3. The first kappa shape index (κ1) is 17.5. The molecular formula is C17H21Cl2N3O2. The van der Waals surface area contributed by atoms with Gasteiger partial charge in [0.05, 0.1) is 10.6 Å². The average molecular weight is 370 g/mol. The minimum Gasteiger partial charge on any atom is -0.342 e. The van der Waals surface area contributed by atoms with Crippen LogP contribution in [-0.2, 0) is 4.79 Å². The molecule has 130 valence electrons. The Morgan fingerprint density at radius 3 is 2.29 bits per heavy atom. The third kappa shape index (κ3) is 3.83. The van der Waals surface area contributed by atoms with Crippen molar-refractivity contribution in [2.24, 2.45) is 5.92 Å². The van der Waals surface area contributed by atoms with Gasteiger partial charge in [-0.3, -0.25) is 9.59 Å². The van der Waals surface area contributed by atoms with E-state index in [1.54, 1.807) is 11.0 Å². The fraction of sp³-hybridized carbons (Fsp3) is 0.588. The SMILES string of the molecule is O=C(c1cnc(Cl)c(Cl)c1)N1CCC(C(=O)N2CCCCC2)CC1. The molecule has 7 heteroatoms. The maximum Gasteiger partial charge on any atom is 0.255 e. The molecule has 0 unspecified atom stereocenters. The molecule has 2 aliphatic rings. The minimum atomic E-state index is -0.107. The molecule has 0 bridgehead atoms. The third-order valence-corrected chi connectivity index (χ3v) is 5.53. The van der Waals surface area contributed by atoms with E-state index < -0.39 is 0 Å². The van der Waals surface area contributed by atoms with Crippen molar-refractivity contribution in [2.75, 3.05) is 26.2 Å². The molecule has 0 spiro atoms. The van der Waals surface area contributed by atoms with E-state index in [0.717, 1.165) is 38.8 Å². The summed E-state index contributed by atoms with van der Waals surface area (Å²) in [5.74, 6) is 0.196. The first-order valence-corrected chi connectivity index (χ1v) is 9.21. The lowest BCUT2D eigenvalue weighted by Crippen LogP contribution is -2.45. The molecule has 0 saturated carbocycles. The fourth-order valence-corrected chi connectivity index (χ4v) is 3.69. The minimum absolute atomic E-state index is 0.0408. The zero-order valence-electron chi connectivity index (χ0n) is 13.5. The molecule has 2 aliphatic heterocycles. The molecule has 0 radical (unpaired) electrons. The number of halogens is 2. The Balaban J connectivity index is 1.57. The quantitative estimate of drug-likeness (QED) is 0.751. The zero-order valence-corrected chi connectivity index (χ0v) is 15.0. The molecule has 3 heterocycles. The normalized spacial score (nSPS) is 19.4. The number of likely N-dealkylation sites (tertiary alicyclic amines) is 2. The van der Waals surface area contributed by atoms with Crippen LogP contribution in [0.3, 0.4) is 0 Å². The second-order valence-electron chi connectivity index (χ2n) is 6.45. The van der Waals surface area contributed by atoms with Crippen molar-refractivity contribution in [3.63, 3.8) is 0 Å². The van der Waals surface area contributed by atoms with E-state index in [9.17, 15) is 9.59 Å². The largest absolute Gasteiger partial charge is 0.342 e. The van der Waals surface area contributed by atoms with Crippen LogP contribution in [0.15, 0.2) is 12.3 Å². The van der Waals surface area contributed by atoms with Crippen LogP contribution in [0, 0.1) is 5.92 Å². The molecule has 2 saturated heterocycles. The molecule has 1 aromatic heterocycles. The smallest absolute Gasteiger partial charge is 0.255 e. The van der Waals surface area contributed by atoms with E-state index in [-0.39, 0.29) is 27.9 Å². The monoisotopic (exact) mass is 369 g/mol. The van der Waals surface area contributed by atoms with Gasteiger partial charge in [-0.1, -0.05) is 23.2 Å². The van der Waals surface area contributed by atoms with Gasteiger partial charge in [0.15, 0.2) is 0 Å². The lowest BCUT2D eigenvalue weighted by Gasteiger charge is -2.35. The van der Waals surface area contributed by atoms with Gasteiger partial charge in [-0.2, -0.15) is 0 Å². The molecule has 0 atom stereocenters. The predicted octanol–water partition coefficient (Wildman–Crippen LogP) is 3.25. The number of carbonyl (C=O) groups excluding carboxylic acids is 2. The van der Waals surface area contributed by atoms with Crippen LogP contribution >= 0.6 is 23.2 Å². The highest BCUT2D eigenvalue weighted by atomic mass is 35.5. The number of aromatic nitrogens is 1. The highest BCUT2D eigenvalue weighted by molar-refractivity contribution is 6.41. The highest BCUT2D eigenvalue weighted by Crippen LogP contribution is 2.25. The summed E-state index contributed by atoms with van der Waals surface area (Å²) in [6.45, 7) is 2.94. The van der Waals surface area contributed by atoms with Crippen molar-refractivity contribution >= 4 is 35.0 Å². The molecular weight excluding hydrogens is 349 g/mol. The van der Waals surface area contributed by atoms with Gasteiger partial charge in [0.2, 0.25) is 5.91 Å². The fourth-order valence-electron chi connectivity index (χ4n) is 3.42. The van der Waals surface area contributed by atoms with E-state index in [1.807, 2.05) is 4.90 Å². The van der Waals surface area contributed by atoms with E-state index in [2.05, 4.69) is 4.98 Å². The van der Waals surface area contributed by atoms with Crippen LogP contribution in [-0.4, -0.2) is 52.8 Å². The summed E-state index contributed by atoms with van der Waals surface area (Å²) in [6.07, 6.45) is 6.31. The Bertz CT molecular complexity index is 624. The number of piperidine rings is 2. The van der Waals surface area contributed by atoms with Gasteiger partial charge < -0.3 is 9.80 Å². The number of amides is 2. The summed E-state index contributed by atoms with van der Waals surface area (Å²) in [5, 5.41) is 0.469. The molecule has 2 fully saturated rings. The van der Waals surface area contributed by atoms with Crippen molar-refractivity contribution in [2.45, 2.75) is 32.1 Å². The maximum absolute atomic E-state index is 12.6. The zero-order chi connectivity index (χ0) is 17.1. The van der Waals surface area contributed by atoms with Crippen molar-refractivity contribution in [3.8, 4) is 0 Å². The summed E-state index contributed by atoms with van der Waals surface area (Å²) in [4.78, 5) is 32.8. The van der Waals surface area contributed by atoms with Crippen LogP contribution in [0.2, 0.25) is 10.2 Å². The number of rotatable bonds is 2. The van der Waals surface area contributed by atoms with Crippen LogP contribution in [0.5, 0.6) is 0 Å². The van der Waals surface area contributed by atoms with Gasteiger partial charge in [-0.25, -0.2) is 4.98 Å². The number of hydrogen-bond acceptors (Lipinski definition) is 3. The lowest BCUT2D eigenvalue weighted by molar-refractivity contribution is -0.137. The number of carbonyl (C=O) groups is 2. The Hall–Kier alpha value is -1.33. The Morgan fingerprint density at radius 1 is 1.00 bits per heavy atom. The van der Waals surface area contributed by atoms with Crippen LogP contribution in [0.25, 0.3) is 0 Å². The van der Waals surface area contributed by atoms with E-state index in [0.29, 0.717) is 18.7 Å². The van der Waals surface area contributed by atoms with Gasteiger partial charge in [0, 0.05) is 38.3 Å². The Kier molecular flexibility index (Phi) is 5.61. The van der Waals surface area contributed by atoms with E-state index >= 15 is 0 Å². The van der Waals surface area contributed by atoms with Crippen molar-refractivity contribution in [1.29, 1.82) is 0 Å². The van der Waals surface area contributed by atoms with Crippen molar-refractivity contribution < 1.29 is 9.59 Å². The number of hydrogen-bond donors (Lipinski definition) is 0. The van der Waals surface area contributed by atoms with Crippen LogP contribution < -0.4 is 0 Å². The van der Waals surface area contributed by atoms with Crippen LogP contribution in [0.4, 0.5) is 0 Å². The predicted molar refractivity (Wildman–Crippen MR) is 93.3 cm³/mol. The molecule has 0 N–H and O–H groups in total. The second kappa shape index (κ2) is 7.70. The van der Waals surface area contributed by atoms with Crippen LogP contribution in [0.1, 0.15) is 42.5 Å². The summed E-state index contributed by atoms with van der Waals surface area (Å²) >= 11 is 11.7. The van der Waals surface area contributed by atoms with Gasteiger partial charge in [0.25, 0.3) is 5.91 Å². The summed E-state index contributed by atoms with van der Waals surface area (Å²) in [6, 6.07) is 1.55. The Morgan fingerprint density at radius 2 is 1.67 bits per heavy atom. The molecule has 5 nitrogen and oxygen atoms in total. The van der Waals surface area contributed by atoms with Gasteiger partial charge >= 0.3 is 0 Å². The van der Waals surface area contributed by atoms with E-state index in [1.165, 1.54) is 12.6 Å². The molecule has 2 amide bonds. The average Bonchev–Trinajstić information content (AvgIpc) is 2.63. The Labute approximate surface area is 151 Å². The summed E-state index contributed by atoms with van der Waals surface area (Å²) in [5.41, 5.74) is 0.435. The van der Waals surface area contributed by atoms with Crippen molar-refractivity contribution in [1.82, 2.24) is 14.8 Å². The lowest BCUT2D eigenvalue weighted by atomic mass is 9.94. The van der Waals surface area contributed by atoms with Gasteiger partial charge in [-0.05, 0) is 38.2 Å². The summed E-state index contributed by atoms with van der Waals surface area (Å²) in [7, 11) is 0. The molecule has 1 aromatic rings. The highest BCUT2D eigenvalue weighted by Gasteiger charge is 2.31. The van der Waals surface area contributed by atoms with Gasteiger partial charge in [0.1, 0.15) is 5.15 Å². The standard InChI is InChI=1S/C17H21Cl2N3O2/c18-14-10-13(11-20-15(14)19)17(24)22-8-4-12(5-9-22)16(23)21-6-2-1-3-7-21/h10-12H,1-9H2. The first-order valence-electron chi connectivity index (χ1n) is 8.45. The molecule has 24 heavy (non-hydrogen) atoms. The molecule has 0 aliphatic carbocycles. The van der Waals surface area contributed by atoms with Crippen molar-refractivity contribution in [3.05, 3.63) is 28.0 Å². The first-order chi connectivity index (χ1) is 11.6. The number of pyridine rings is 1. The topological polar surface area (TPSA) is 53.5 Å². The van der Waals surface area contributed by atoms with E-state index in [4.69, 9.17) is 23.2 Å². The second-order valence-corrected chi connectivity index (χ2v) is 7.21. The third-order valence-electron chi connectivity index (χ3n) is 4.84. The molecule has 0 aromatic carbocycles. The van der Waals surface area contributed by atoms with Gasteiger partial charge in [-0.15, -0.1) is 0 Å².